The summed E-state index contributed by atoms with van der Waals surface area (Å²) in [4.78, 5) is 42.7. The molecule has 186 valence electrons. The maximum Gasteiger partial charge on any atom is 0.303 e. The van der Waals surface area contributed by atoms with Crippen molar-refractivity contribution in [3.63, 3.8) is 0 Å². The molecule has 2 atom stereocenters. The van der Waals surface area contributed by atoms with Crippen molar-refractivity contribution in [2.75, 3.05) is 11.4 Å². The second-order valence-corrected chi connectivity index (χ2v) is 10.7. The summed E-state index contributed by atoms with van der Waals surface area (Å²) < 4.78 is 0.849. The fourth-order valence-corrected chi connectivity index (χ4v) is 5.17. The average Bonchev–Trinajstić information content (AvgIpc) is 2.93. The van der Waals surface area contributed by atoms with Crippen LogP contribution >= 0.6 is 45.8 Å². The van der Waals surface area contributed by atoms with E-state index in [1.54, 1.807) is 58.3 Å². The minimum atomic E-state index is -0.949. The Labute approximate surface area is 232 Å². The van der Waals surface area contributed by atoms with Gasteiger partial charge in [0.05, 0.1) is 17.3 Å². The van der Waals surface area contributed by atoms with Gasteiger partial charge in [0, 0.05) is 26.6 Å². The molecule has 0 radical (unpaired) electrons. The van der Waals surface area contributed by atoms with Crippen LogP contribution in [0.15, 0.2) is 66.7 Å². The lowest BCUT2D eigenvalue weighted by molar-refractivity contribution is -0.137. The van der Waals surface area contributed by atoms with Gasteiger partial charge in [-0.05, 0) is 89.5 Å². The van der Waals surface area contributed by atoms with Gasteiger partial charge in [-0.3, -0.25) is 14.4 Å². The number of halogens is 3. The number of carboxylic acid groups (broad SMARTS) is 1. The van der Waals surface area contributed by atoms with Crippen molar-refractivity contribution in [2.45, 2.75) is 31.8 Å². The Bertz CT molecular complexity index is 1300. The topological polar surface area (TPSA) is 77.9 Å². The van der Waals surface area contributed by atoms with Gasteiger partial charge in [0.15, 0.2) is 0 Å². The van der Waals surface area contributed by atoms with E-state index in [0.29, 0.717) is 26.9 Å². The second-order valence-electron chi connectivity index (χ2n) is 8.54. The fraction of sp³-hybridized carbons (Fsp3) is 0.222. The minimum Gasteiger partial charge on any atom is -0.481 e. The van der Waals surface area contributed by atoms with Crippen molar-refractivity contribution in [3.05, 3.63) is 97.0 Å². The molecule has 1 heterocycles. The van der Waals surface area contributed by atoms with Gasteiger partial charge in [0.25, 0.3) is 11.8 Å². The molecule has 0 saturated heterocycles. The SMILES string of the molecule is C[C@H](c1ccc(Cl)cc1)N1C(=O)c2cc(I)ccc2N(CCCC(=O)O)C(=O)[C@@H]1c1ccc(Cl)cc1. The first-order chi connectivity index (χ1) is 17.2. The van der Waals surface area contributed by atoms with Gasteiger partial charge in [-0.2, -0.15) is 0 Å². The third-order valence-electron chi connectivity index (χ3n) is 6.22. The molecule has 0 aromatic heterocycles. The number of fused-ring (bicyclic) bond motifs is 1. The summed E-state index contributed by atoms with van der Waals surface area (Å²) in [6, 6.07) is 18.0. The van der Waals surface area contributed by atoms with Crippen molar-refractivity contribution in [1.82, 2.24) is 4.90 Å². The first kappa shape index (κ1) is 26.4. The number of carboxylic acids is 1. The van der Waals surface area contributed by atoms with E-state index in [4.69, 9.17) is 28.3 Å². The smallest absolute Gasteiger partial charge is 0.303 e. The molecule has 0 saturated carbocycles. The third-order valence-corrected chi connectivity index (χ3v) is 7.40. The molecule has 1 N–H and O–H groups in total. The first-order valence-corrected chi connectivity index (χ1v) is 13.2. The predicted octanol–water partition coefficient (Wildman–Crippen LogP) is 6.75. The largest absolute Gasteiger partial charge is 0.481 e. The number of carbonyl (C=O) groups is 3. The number of anilines is 1. The third kappa shape index (κ3) is 5.53. The van der Waals surface area contributed by atoms with E-state index >= 15 is 0 Å². The van der Waals surface area contributed by atoms with Crippen LogP contribution in [0.2, 0.25) is 10.0 Å². The number of hydrogen-bond acceptors (Lipinski definition) is 3. The number of aliphatic carboxylic acids is 1. The minimum absolute atomic E-state index is 0.0894. The number of benzene rings is 3. The predicted molar refractivity (Wildman–Crippen MR) is 149 cm³/mol. The molecule has 9 heteroatoms. The maximum atomic E-state index is 14.2. The number of rotatable bonds is 7. The summed E-state index contributed by atoms with van der Waals surface area (Å²) in [5, 5.41) is 10.3. The summed E-state index contributed by atoms with van der Waals surface area (Å²) in [5.41, 5.74) is 2.30. The van der Waals surface area contributed by atoms with Crippen LogP contribution in [-0.2, 0) is 9.59 Å². The molecule has 36 heavy (non-hydrogen) atoms. The zero-order valence-electron chi connectivity index (χ0n) is 19.3. The van der Waals surface area contributed by atoms with Crippen LogP contribution in [0.4, 0.5) is 5.69 Å². The van der Waals surface area contributed by atoms with Gasteiger partial charge in [-0.15, -0.1) is 0 Å². The van der Waals surface area contributed by atoms with Crippen LogP contribution in [0.25, 0.3) is 0 Å². The molecule has 1 aliphatic heterocycles. The molecule has 3 aromatic carbocycles. The number of nitrogens with zero attached hydrogens (tertiary/aromatic N) is 2. The van der Waals surface area contributed by atoms with Gasteiger partial charge in [0.2, 0.25) is 0 Å². The summed E-state index contributed by atoms with van der Waals surface area (Å²) in [5.74, 6) is -1.54. The van der Waals surface area contributed by atoms with Crippen LogP contribution in [0, 0.1) is 3.57 Å². The van der Waals surface area contributed by atoms with Gasteiger partial charge in [-0.1, -0.05) is 47.5 Å². The molecule has 0 aliphatic carbocycles. The normalized spacial score (nSPS) is 16.5. The van der Waals surface area contributed by atoms with Crippen molar-refractivity contribution < 1.29 is 19.5 Å². The van der Waals surface area contributed by atoms with E-state index in [0.717, 1.165) is 9.13 Å². The number of amides is 2. The first-order valence-electron chi connectivity index (χ1n) is 11.3. The van der Waals surface area contributed by atoms with Crippen molar-refractivity contribution in [2.24, 2.45) is 0 Å². The van der Waals surface area contributed by atoms with Gasteiger partial charge in [-0.25, -0.2) is 0 Å². The van der Waals surface area contributed by atoms with Crippen molar-refractivity contribution in [1.29, 1.82) is 0 Å². The number of hydrogen-bond donors (Lipinski definition) is 1. The van der Waals surface area contributed by atoms with E-state index in [9.17, 15) is 14.4 Å². The van der Waals surface area contributed by atoms with Gasteiger partial charge < -0.3 is 14.9 Å². The summed E-state index contributed by atoms with van der Waals surface area (Å²) in [7, 11) is 0. The second kappa shape index (κ2) is 11.2. The molecular formula is C27H23Cl2IN2O4. The Morgan fingerprint density at radius 2 is 1.61 bits per heavy atom. The molecule has 0 bridgehead atoms. The van der Waals surface area contributed by atoms with E-state index in [-0.39, 0.29) is 31.2 Å². The van der Waals surface area contributed by atoms with Crippen molar-refractivity contribution >= 4 is 69.3 Å². The number of carbonyl (C=O) groups excluding carboxylic acids is 2. The van der Waals surface area contributed by atoms with Crippen LogP contribution < -0.4 is 4.90 Å². The molecule has 6 nitrogen and oxygen atoms in total. The Morgan fingerprint density at radius 3 is 2.22 bits per heavy atom. The molecule has 0 spiro atoms. The maximum absolute atomic E-state index is 14.2. The molecule has 0 fully saturated rings. The van der Waals surface area contributed by atoms with E-state index in [1.165, 1.54) is 0 Å². The zero-order valence-corrected chi connectivity index (χ0v) is 23.0. The fourth-order valence-electron chi connectivity index (χ4n) is 4.43. The molecule has 3 aromatic rings. The summed E-state index contributed by atoms with van der Waals surface area (Å²) >= 11 is 14.4. The summed E-state index contributed by atoms with van der Waals surface area (Å²) in [6.07, 6.45) is 0.161. The Kier molecular flexibility index (Phi) is 8.22. The lowest BCUT2D eigenvalue weighted by atomic mass is 9.98. The summed E-state index contributed by atoms with van der Waals surface area (Å²) in [6.45, 7) is 2.05. The zero-order chi connectivity index (χ0) is 26.0. The molecule has 0 unspecified atom stereocenters. The molecule has 4 rings (SSSR count). The van der Waals surface area contributed by atoms with Gasteiger partial charge >= 0.3 is 5.97 Å². The highest BCUT2D eigenvalue weighted by Gasteiger charge is 2.42. The Balaban J connectivity index is 1.89. The van der Waals surface area contributed by atoms with Gasteiger partial charge in [0.1, 0.15) is 6.04 Å². The molecular weight excluding hydrogens is 614 g/mol. The highest BCUT2D eigenvalue weighted by Crippen LogP contribution is 2.40. The molecule has 1 aliphatic rings. The van der Waals surface area contributed by atoms with E-state index in [1.807, 2.05) is 25.1 Å². The monoisotopic (exact) mass is 636 g/mol. The lowest BCUT2D eigenvalue weighted by Gasteiger charge is -2.36. The Morgan fingerprint density at radius 1 is 1.00 bits per heavy atom. The van der Waals surface area contributed by atoms with Crippen LogP contribution in [-0.4, -0.2) is 34.3 Å². The quantitative estimate of drug-likeness (QED) is 0.291. The van der Waals surface area contributed by atoms with E-state index in [2.05, 4.69) is 22.6 Å². The highest BCUT2D eigenvalue weighted by molar-refractivity contribution is 14.1. The molecule has 2 amide bonds. The van der Waals surface area contributed by atoms with Crippen LogP contribution in [0.3, 0.4) is 0 Å². The average molecular weight is 637 g/mol. The Hall–Kier alpha value is -2.62. The standard InChI is InChI=1S/C27H23Cl2IN2O4/c1-16(17-4-8-19(28)9-5-17)32-25(18-6-10-20(29)11-7-18)27(36)31(14-2-3-24(33)34)23-13-12-21(30)15-22(23)26(32)35/h4-13,15-16,25H,2-3,14H2,1H3,(H,33,34)/t16-,25+/m1/s1. The lowest BCUT2D eigenvalue weighted by Crippen LogP contribution is -2.44. The van der Waals surface area contributed by atoms with Crippen LogP contribution in [0.5, 0.6) is 0 Å². The highest BCUT2D eigenvalue weighted by atomic mass is 127. The van der Waals surface area contributed by atoms with Crippen molar-refractivity contribution in [3.8, 4) is 0 Å². The van der Waals surface area contributed by atoms with E-state index < -0.39 is 18.1 Å². The van der Waals surface area contributed by atoms with Crippen LogP contribution in [0.1, 0.15) is 53.3 Å².